The zero-order valence-corrected chi connectivity index (χ0v) is 10.3. The van der Waals surface area contributed by atoms with Gasteiger partial charge < -0.3 is 5.32 Å². The molecule has 0 unspecified atom stereocenters. The lowest BCUT2D eigenvalue weighted by Crippen LogP contribution is -2.50. The number of rotatable bonds is 3. The van der Waals surface area contributed by atoms with Gasteiger partial charge in [0.1, 0.15) is 0 Å². The van der Waals surface area contributed by atoms with Crippen LogP contribution in [0.25, 0.3) is 0 Å². The first kappa shape index (κ1) is 15.7. The highest BCUT2D eigenvalue weighted by atomic mass is 35.5. The highest BCUT2D eigenvalue weighted by Gasteiger charge is 2.63. The van der Waals surface area contributed by atoms with Gasteiger partial charge in [-0.3, -0.25) is 4.79 Å². The lowest BCUT2D eigenvalue weighted by atomic mass is 10.1. The lowest BCUT2D eigenvalue weighted by molar-refractivity contribution is -0.270. The summed E-state index contributed by atoms with van der Waals surface area (Å²) in [5, 5.41) is 1.88. The smallest absolute Gasteiger partial charge is 0.344 e. The van der Waals surface area contributed by atoms with E-state index in [1.54, 1.807) is 5.32 Å². The van der Waals surface area contributed by atoms with Crippen LogP contribution in [0.5, 0.6) is 0 Å². The van der Waals surface area contributed by atoms with Gasteiger partial charge in [0.15, 0.2) is 0 Å². The van der Waals surface area contributed by atoms with E-state index in [1.165, 1.54) is 31.2 Å². The Bertz CT molecular complexity index is 474. The van der Waals surface area contributed by atoms with E-state index in [0.717, 1.165) is 0 Å². The van der Waals surface area contributed by atoms with Crippen molar-refractivity contribution in [2.75, 3.05) is 0 Å². The number of hydrogen-bond acceptors (Lipinski definition) is 1. The fourth-order valence-corrected chi connectivity index (χ4v) is 1.47. The van der Waals surface area contributed by atoms with Gasteiger partial charge >= 0.3 is 18.0 Å². The van der Waals surface area contributed by atoms with E-state index in [1.807, 2.05) is 0 Å². The van der Waals surface area contributed by atoms with Crippen LogP contribution in [0.1, 0.15) is 18.5 Å². The van der Waals surface area contributed by atoms with Gasteiger partial charge in [0, 0.05) is 5.02 Å². The SMILES string of the molecule is C[C@@H](NC(=O)C(F)(F)C(F)(F)F)c1cccc(Cl)c1. The van der Waals surface area contributed by atoms with Crippen molar-refractivity contribution in [1.82, 2.24) is 5.32 Å². The average molecular weight is 302 g/mol. The van der Waals surface area contributed by atoms with Crippen molar-refractivity contribution >= 4 is 17.5 Å². The second-order valence-electron chi connectivity index (χ2n) is 3.82. The van der Waals surface area contributed by atoms with E-state index >= 15 is 0 Å². The maximum atomic E-state index is 12.7. The number of carbonyl (C=O) groups excluding carboxylic acids is 1. The zero-order valence-electron chi connectivity index (χ0n) is 9.56. The van der Waals surface area contributed by atoms with Gasteiger partial charge in [-0.2, -0.15) is 22.0 Å². The molecule has 1 aromatic carbocycles. The molecular weight excluding hydrogens is 293 g/mol. The van der Waals surface area contributed by atoms with Crippen LogP contribution in [0.15, 0.2) is 24.3 Å². The van der Waals surface area contributed by atoms with Gasteiger partial charge in [-0.05, 0) is 24.6 Å². The van der Waals surface area contributed by atoms with Crippen LogP contribution in [-0.4, -0.2) is 18.0 Å². The summed E-state index contributed by atoms with van der Waals surface area (Å²) in [6.45, 7) is 1.27. The fourth-order valence-electron chi connectivity index (χ4n) is 1.28. The number of halogens is 6. The van der Waals surface area contributed by atoms with E-state index in [4.69, 9.17) is 11.6 Å². The summed E-state index contributed by atoms with van der Waals surface area (Å²) in [5.74, 6) is -7.83. The minimum atomic E-state index is -5.93. The largest absolute Gasteiger partial charge is 0.463 e. The number of carbonyl (C=O) groups is 1. The van der Waals surface area contributed by atoms with Crippen LogP contribution >= 0.6 is 11.6 Å². The molecule has 106 valence electrons. The number of hydrogen-bond donors (Lipinski definition) is 1. The van der Waals surface area contributed by atoms with E-state index in [-0.39, 0.29) is 5.02 Å². The molecule has 0 aliphatic rings. The Labute approximate surface area is 110 Å². The highest BCUT2D eigenvalue weighted by Crippen LogP contribution is 2.36. The first-order chi connectivity index (χ1) is 8.55. The predicted octanol–water partition coefficient (Wildman–Crippen LogP) is 3.71. The molecule has 0 aliphatic carbocycles. The maximum absolute atomic E-state index is 12.7. The molecule has 8 heteroatoms. The third-order valence-electron chi connectivity index (χ3n) is 2.34. The van der Waals surface area contributed by atoms with Crippen molar-refractivity contribution in [3.05, 3.63) is 34.9 Å². The van der Waals surface area contributed by atoms with E-state index in [2.05, 4.69) is 0 Å². The molecular formula is C11H9ClF5NO. The Hall–Kier alpha value is -1.37. The summed E-state index contributed by atoms with van der Waals surface area (Å²) in [6, 6.07) is 4.77. The average Bonchev–Trinajstić information content (AvgIpc) is 2.27. The van der Waals surface area contributed by atoms with Crippen molar-refractivity contribution in [1.29, 1.82) is 0 Å². The van der Waals surface area contributed by atoms with Crippen LogP contribution in [0, 0.1) is 0 Å². The Morgan fingerprint density at radius 3 is 2.32 bits per heavy atom. The molecule has 2 nitrogen and oxygen atoms in total. The molecule has 0 heterocycles. The van der Waals surface area contributed by atoms with Crippen molar-refractivity contribution in [3.8, 4) is 0 Å². The minimum Gasteiger partial charge on any atom is -0.344 e. The molecule has 0 spiro atoms. The Kier molecular flexibility index (Phi) is 4.39. The molecule has 1 amide bonds. The molecule has 0 bridgehead atoms. The van der Waals surface area contributed by atoms with Crippen molar-refractivity contribution < 1.29 is 26.7 Å². The standard InChI is InChI=1S/C11H9ClF5NO/c1-6(7-3-2-4-8(12)5-7)18-9(19)10(13,14)11(15,16)17/h2-6H,1H3,(H,18,19)/t6-/m1/s1. The normalized spacial score (nSPS) is 14.1. The monoisotopic (exact) mass is 301 g/mol. The second kappa shape index (κ2) is 5.32. The van der Waals surface area contributed by atoms with Crippen LogP contribution < -0.4 is 5.32 Å². The molecule has 0 saturated carbocycles. The molecule has 0 aromatic heterocycles. The second-order valence-corrected chi connectivity index (χ2v) is 4.26. The lowest BCUT2D eigenvalue weighted by Gasteiger charge is -2.21. The van der Waals surface area contributed by atoms with Crippen LogP contribution in [0.2, 0.25) is 5.02 Å². The van der Waals surface area contributed by atoms with E-state index in [9.17, 15) is 26.7 Å². The summed E-state index contributed by atoms with van der Waals surface area (Å²) >= 11 is 5.65. The summed E-state index contributed by atoms with van der Waals surface area (Å²) in [5.41, 5.74) is 0.318. The van der Waals surface area contributed by atoms with E-state index < -0.39 is 24.0 Å². The van der Waals surface area contributed by atoms with Crippen LogP contribution in [-0.2, 0) is 4.79 Å². The first-order valence-corrected chi connectivity index (χ1v) is 5.44. The van der Waals surface area contributed by atoms with Crippen molar-refractivity contribution in [2.24, 2.45) is 0 Å². The molecule has 0 saturated heterocycles. The third-order valence-corrected chi connectivity index (χ3v) is 2.57. The fraction of sp³-hybridized carbons (Fsp3) is 0.364. The quantitative estimate of drug-likeness (QED) is 0.847. The Morgan fingerprint density at radius 2 is 1.84 bits per heavy atom. The van der Waals surface area contributed by atoms with Crippen LogP contribution in [0.4, 0.5) is 22.0 Å². The van der Waals surface area contributed by atoms with Gasteiger partial charge in [-0.25, -0.2) is 0 Å². The van der Waals surface area contributed by atoms with Gasteiger partial charge in [0.2, 0.25) is 0 Å². The molecule has 0 aliphatic heterocycles. The molecule has 19 heavy (non-hydrogen) atoms. The summed E-state index contributed by atoms with van der Waals surface area (Å²) < 4.78 is 61.3. The molecule has 1 aromatic rings. The molecule has 0 radical (unpaired) electrons. The molecule has 1 N–H and O–H groups in total. The molecule has 1 rings (SSSR count). The number of alkyl halides is 5. The van der Waals surface area contributed by atoms with E-state index in [0.29, 0.717) is 5.56 Å². The number of nitrogens with one attached hydrogen (secondary N) is 1. The van der Waals surface area contributed by atoms with Gasteiger partial charge in [0.25, 0.3) is 0 Å². The predicted molar refractivity (Wildman–Crippen MR) is 59.0 cm³/mol. The number of amides is 1. The maximum Gasteiger partial charge on any atom is 0.463 e. The van der Waals surface area contributed by atoms with Gasteiger partial charge in [-0.1, -0.05) is 23.7 Å². The number of benzene rings is 1. The van der Waals surface area contributed by atoms with Crippen molar-refractivity contribution in [3.63, 3.8) is 0 Å². The van der Waals surface area contributed by atoms with Crippen LogP contribution in [0.3, 0.4) is 0 Å². The minimum absolute atomic E-state index is 0.279. The molecule has 1 atom stereocenters. The van der Waals surface area contributed by atoms with Crippen molar-refractivity contribution in [2.45, 2.75) is 25.1 Å². The summed E-state index contributed by atoms with van der Waals surface area (Å²) in [6.07, 6.45) is -5.93. The molecule has 0 fully saturated rings. The third kappa shape index (κ3) is 3.56. The van der Waals surface area contributed by atoms with Gasteiger partial charge in [-0.15, -0.1) is 0 Å². The summed E-state index contributed by atoms with van der Waals surface area (Å²) in [4.78, 5) is 11.0. The van der Waals surface area contributed by atoms with Gasteiger partial charge in [0.05, 0.1) is 6.04 Å². The first-order valence-electron chi connectivity index (χ1n) is 5.06. The zero-order chi connectivity index (χ0) is 14.8. The topological polar surface area (TPSA) is 29.1 Å². The Morgan fingerprint density at radius 1 is 1.26 bits per heavy atom. The Balaban J connectivity index is 2.83. The highest BCUT2D eigenvalue weighted by molar-refractivity contribution is 6.30. The summed E-state index contributed by atoms with van der Waals surface area (Å²) in [7, 11) is 0.